The zero-order valence-electron chi connectivity index (χ0n) is 8.38. The summed E-state index contributed by atoms with van der Waals surface area (Å²) in [7, 11) is 0. The molecule has 0 unspecified atom stereocenters. The average molecular weight is 182 g/mol. The molecule has 0 spiro atoms. The van der Waals surface area contributed by atoms with Gasteiger partial charge in [0.1, 0.15) is 0 Å². The fourth-order valence-electron chi connectivity index (χ4n) is 1.03. The van der Waals surface area contributed by atoms with Crippen LogP contribution in [-0.4, -0.2) is 39.5 Å². The number of hydrogen-bond acceptors (Lipinski definition) is 1. The predicted molar refractivity (Wildman–Crippen MR) is 52.6 cm³/mol. The summed E-state index contributed by atoms with van der Waals surface area (Å²) in [5.74, 6) is 0. The van der Waals surface area contributed by atoms with Gasteiger partial charge >= 0.3 is 77.0 Å². The van der Waals surface area contributed by atoms with Gasteiger partial charge in [-0.3, -0.25) is 4.79 Å². The van der Waals surface area contributed by atoms with Crippen molar-refractivity contribution in [2.75, 3.05) is 0 Å². The van der Waals surface area contributed by atoms with Gasteiger partial charge in [0.05, 0.1) is 0 Å². The normalized spacial score (nSPS) is 8.58. The molecule has 1 N–H and O–H groups in total. The zero-order chi connectivity index (χ0) is 9.66. The molecule has 2 nitrogen and oxygen atoms in total. The molecule has 0 bridgehead atoms. The van der Waals surface area contributed by atoms with Crippen LogP contribution < -0.4 is 0 Å². The molecule has 0 amide bonds. The summed E-state index contributed by atoms with van der Waals surface area (Å²) in [5, 5.41) is 6.89. The Morgan fingerprint density at radius 1 is 1.17 bits per heavy atom. The molecule has 0 saturated heterocycles. The molecule has 0 aromatic heterocycles. The Balaban J connectivity index is 0. The maximum absolute atomic E-state index is 8.36. The van der Waals surface area contributed by atoms with Crippen LogP contribution in [0.4, 0.5) is 0 Å². The first-order chi connectivity index (χ1) is 5.83. The van der Waals surface area contributed by atoms with Gasteiger partial charge in [0.2, 0.25) is 0 Å². The molecular weight excluding hydrogens is 163 g/mol. The van der Waals surface area contributed by atoms with Crippen molar-refractivity contribution >= 4 is 34.4 Å². The van der Waals surface area contributed by atoms with Crippen LogP contribution in [-0.2, 0) is 4.79 Å². The van der Waals surface area contributed by atoms with Crippen molar-refractivity contribution in [1.82, 2.24) is 0 Å². The van der Waals surface area contributed by atoms with Crippen LogP contribution >= 0.6 is 0 Å². The molecule has 68 valence electrons. The third kappa shape index (κ3) is 22.4. The molecule has 3 heteroatoms. The molecule has 0 aliphatic carbocycles. The molecular formula is C9H19NaO2. The van der Waals surface area contributed by atoms with Crippen molar-refractivity contribution in [3.63, 3.8) is 0 Å². The quantitative estimate of drug-likeness (QED) is 0.389. The van der Waals surface area contributed by atoms with E-state index in [0.29, 0.717) is 0 Å². The van der Waals surface area contributed by atoms with E-state index in [1.54, 1.807) is 0 Å². The van der Waals surface area contributed by atoms with E-state index >= 15 is 0 Å². The van der Waals surface area contributed by atoms with E-state index in [4.69, 9.17) is 9.90 Å². The fourth-order valence-corrected chi connectivity index (χ4v) is 1.53. The van der Waals surface area contributed by atoms with Crippen LogP contribution in [0.1, 0.15) is 45.4 Å². The number of rotatable bonds is 6. The van der Waals surface area contributed by atoms with E-state index < -0.39 is 0 Å². The Hall–Kier alpha value is 0.470. The Labute approximate surface area is 93.2 Å². The maximum Gasteiger partial charge on any atom is 0.290 e. The first kappa shape index (κ1) is 15.0. The van der Waals surface area contributed by atoms with Crippen LogP contribution in [0.5, 0.6) is 0 Å². The third-order valence-electron chi connectivity index (χ3n) is 1.71. The SMILES string of the molecule is CCCCCCC[CH2][Na].O=CO. The summed E-state index contributed by atoms with van der Waals surface area (Å²) in [4.78, 5) is 8.36. The Morgan fingerprint density at radius 2 is 1.58 bits per heavy atom. The minimum absolute atomic E-state index is 0.250. The summed E-state index contributed by atoms with van der Waals surface area (Å²) in [5.41, 5.74) is 0. The topological polar surface area (TPSA) is 37.3 Å². The summed E-state index contributed by atoms with van der Waals surface area (Å²) in [6.45, 7) is 2.02. The van der Waals surface area contributed by atoms with Gasteiger partial charge < -0.3 is 5.11 Å². The van der Waals surface area contributed by atoms with Gasteiger partial charge in [0.15, 0.2) is 0 Å². The maximum atomic E-state index is 8.36. The van der Waals surface area contributed by atoms with Crippen molar-refractivity contribution in [2.24, 2.45) is 0 Å². The first-order valence-electron chi connectivity index (χ1n) is 4.91. The standard InChI is InChI=1S/C8H17.CH2O2.Na/c1-3-5-7-8-6-4-2;2-1-3;/h1,3-8H2,2H3;1H,(H,2,3);. The predicted octanol–water partition coefficient (Wildman–Crippen LogP) is 2.63. The minimum atomic E-state index is -0.250. The molecule has 12 heavy (non-hydrogen) atoms. The Bertz CT molecular complexity index is 70.9. The molecule has 0 fully saturated rings. The molecule has 0 radical (unpaired) electrons. The average Bonchev–Trinajstić information content (AvgIpc) is 2.06. The minimum Gasteiger partial charge on any atom is -0.483 e. The second-order valence-electron chi connectivity index (χ2n) is 2.87. The van der Waals surface area contributed by atoms with Gasteiger partial charge in [-0.1, -0.05) is 0 Å². The Morgan fingerprint density at radius 3 is 2.00 bits per heavy atom. The number of carboxylic acid groups (broad SMARTS) is 1. The second kappa shape index (κ2) is 17.5. The monoisotopic (exact) mass is 182 g/mol. The molecule has 0 atom stereocenters. The number of carbonyl (C=O) groups is 1. The van der Waals surface area contributed by atoms with Crippen molar-refractivity contribution < 1.29 is 9.90 Å². The van der Waals surface area contributed by atoms with Crippen molar-refractivity contribution in [3.05, 3.63) is 0 Å². The molecule has 0 aliphatic heterocycles. The van der Waals surface area contributed by atoms with Crippen LogP contribution in [0.3, 0.4) is 0 Å². The summed E-state index contributed by atoms with van der Waals surface area (Å²) >= 11 is 1.41. The Kier molecular flexibility index (Phi) is 21.9. The van der Waals surface area contributed by atoms with Crippen LogP contribution in [0.25, 0.3) is 0 Å². The summed E-state index contributed by atoms with van der Waals surface area (Å²) in [6.07, 6.45) is 8.76. The van der Waals surface area contributed by atoms with Gasteiger partial charge in [-0.25, -0.2) is 0 Å². The van der Waals surface area contributed by atoms with E-state index in [1.165, 1.54) is 70.1 Å². The van der Waals surface area contributed by atoms with E-state index in [-0.39, 0.29) is 6.47 Å². The molecule has 0 saturated carbocycles. The van der Waals surface area contributed by atoms with Gasteiger partial charge in [0.25, 0.3) is 6.47 Å². The summed E-state index contributed by atoms with van der Waals surface area (Å²) < 4.78 is 1.51. The fraction of sp³-hybridized carbons (Fsp3) is 0.889. The van der Waals surface area contributed by atoms with Crippen molar-refractivity contribution in [1.29, 1.82) is 0 Å². The van der Waals surface area contributed by atoms with Crippen LogP contribution in [0.15, 0.2) is 0 Å². The molecule has 0 aliphatic rings. The smallest absolute Gasteiger partial charge is 0.290 e. The molecule has 0 aromatic carbocycles. The van der Waals surface area contributed by atoms with Gasteiger partial charge in [0, 0.05) is 0 Å². The van der Waals surface area contributed by atoms with Gasteiger partial charge in [-0.15, -0.1) is 0 Å². The molecule has 0 aromatic rings. The van der Waals surface area contributed by atoms with E-state index in [0.717, 1.165) is 0 Å². The van der Waals surface area contributed by atoms with E-state index in [2.05, 4.69) is 6.92 Å². The zero-order valence-corrected chi connectivity index (χ0v) is 10.4. The van der Waals surface area contributed by atoms with Crippen LogP contribution in [0.2, 0.25) is 3.67 Å². The van der Waals surface area contributed by atoms with Gasteiger partial charge in [-0.2, -0.15) is 0 Å². The number of unbranched alkanes of at least 4 members (excludes halogenated alkanes) is 5. The summed E-state index contributed by atoms with van der Waals surface area (Å²) in [6, 6.07) is 0. The molecule has 0 rings (SSSR count). The van der Waals surface area contributed by atoms with E-state index in [1.807, 2.05) is 0 Å². The number of hydrogen-bond donors (Lipinski definition) is 1. The molecule has 0 heterocycles. The van der Waals surface area contributed by atoms with E-state index in [9.17, 15) is 0 Å². The largest absolute Gasteiger partial charge is 0.483 e. The van der Waals surface area contributed by atoms with Crippen molar-refractivity contribution in [3.8, 4) is 0 Å². The van der Waals surface area contributed by atoms with Crippen LogP contribution in [0, 0.1) is 0 Å². The third-order valence-corrected chi connectivity index (χ3v) is 2.41. The van der Waals surface area contributed by atoms with Crippen molar-refractivity contribution in [2.45, 2.75) is 49.1 Å². The first-order valence-corrected chi connectivity index (χ1v) is 6.32. The van der Waals surface area contributed by atoms with Gasteiger partial charge in [-0.05, 0) is 0 Å². The second-order valence-corrected chi connectivity index (χ2v) is 3.87.